The highest BCUT2D eigenvalue weighted by Crippen LogP contribution is 1.85. The molecule has 0 aromatic carbocycles. The number of aromatic nitrogens is 2. The van der Waals surface area contributed by atoms with Crippen molar-refractivity contribution in [2.45, 2.75) is 26.3 Å². The molecule has 0 radical (unpaired) electrons. The lowest BCUT2D eigenvalue weighted by atomic mass is 10.3. The Balaban J connectivity index is 0.000000307. The van der Waals surface area contributed by atoms with Crippen molar-refractivity contribution >= 4 is 7.40 Å². The van der Waals surface area contributed by atoms with E-state index in [0.29, 0.717) is 0 Å². The fourth-order valence-corrected chi connectivity index (χ4v) is 1.27. The number of nitrogens with one attached hydrogen (secondary N) is 1. The molecule has 0 saturated heterocycles. The van der Waals surface area contributed by atoms with Gasteiger partial charge in [-0.3, -0.25) is 0 Å². The second-order valence-corrected chi connectivity index (χ2v) is 3.82. The predicted octanol–water partition coefficient (Wildman–Crippen LogP) is -0.0637. The number of aryl methyl sites for hydroxylation is 1. The topological polar surface area (TPSA) is 64.1 Å². The van der Waals surface area contributed by atoms with Gasteiger partial charge in [0.25, 0.3) is 0 Å². The van der Waals surface area contributed by atoms with E-state index in [4.69, 9.17) is 10.0 Å². The van der Waals surface area contributed by atoms with Crippen molar-refractivity contribution in [3.63, 3.8) is 0 Å². The number of H-pyrrole nitrogens is 1. The minimum Gasteiger partial charge on any atom is -0.867 e. The molecule has 0 unspecified atom stereocenters. The van der Waals surface area contributed by atoms with E-state index < -0.39 is 7.40 Å². The van der Waals surface area contributed by atoms with Crippen LogP contribution in [0, 0.1) is 0 Å². The molecule has 2 aromatic rings. The van der Waals surface area contributed by atoms with Gasteiger partial charge >= 0.3 is 0 Å². The van der Waals surface area contributed by atoms with Crippen LogP contribution in [-0.4, -0.2) is 7.40 Å². The Bertz CT molecular complexity index is 375. The molecule has 2 aromatic heterocycles. The summed E-state index contributed by atoms with van der Waals surface area (Å²) in [6.45, 7) is 3.36. The summed E-state index contributed by atoms with van der Waals surface area (Å²) >= 11 is 0. The van der Waals surface area contributed by atoms with Crippen LogP contribution < -0.4 is 19.6 Å². The molecule has 6 heteroatoms. The van der Waals surface area contributed by atoms with E-state index in [9.17, 15) is 4.32 Å². The summed E-state index contributed by atoms with van der Waals surface area (Å²) in [5.74, 6) is 0. The molecule has 0 saturated carbocycles. The Morgan fingerprint density at radius 2 is 1.50 bits per heavy atom. The summed E-state index contributed by atoms with van der Waals surface area (Å²) in [6, 6.07) is 12.0. The zero-order valence-corrected chi connectivity index (χ0v) is 11.6. The third kappa shape index (κ3) is 14.3. The molecule has 0 atom stereocenters. The number of rotatable bonds is 3. The molecule has 4 nitrogen and oxygen atoms in total. The van der Waals surface area contributed by atoms with E-state index >= 15 is 0 Å². The molecule has 0 amide bonds. The molecule has 0 bridgehead atoms. The monoisotopic (exact) mass is 278 g/mol. The standard InChI is InChI=1S/C9H14N.C5H5N.BFO2/c1-2-3-7-10-8-5-4-6-9-10;1-2-4-6-5-3-1;2-1(3)4/h4-6,8-9H,2-3,7H2,1H3;1-5H;/q+1;;-2/p+1. The van der Waals surface area contributed by atoms with Gasteiger partial charge in [0.2, 0.25) is 0 Å². The van der Waals surface area contributed by atoms with E-state index in [0.717, 1.165) is 6.54 Å². The lowest BCUT2D eigenvalue weighted by molar-refractivity contribution is -0.697. The quantitative estimate of drug-likeness (QED) is 0.583. The van der Waals surface area contributed by atoms with Gasteiger partial charge in [0.15, 0.2) is 24.8 Å². The minimum atomic E-state index is -3.17. The largest absolute Gasteiger partial charge is 0.867 e. The van der Waals surface area contributed by atoms with Gasteiger partial charge in [0.05, 0.1) is 0 Å². The second-order valence-electron chi connectivity index (χ2n) is 3.82. The van der Waals surface area contributed by atoms with Crippen molar-refractivity contribution in [2.24, 2.45) is 0 Å². The Morgan fingerprint density at radius 3 is 1.85 bits per heavy atom. The van der Waals surface area contributed by atoms with Crippen LogP contribution >= 0.6 is 0 Å². The van der Waals surface area contributed by atoms with Gasteiger partial charge in [0.1, 0.15) is 13.9 Å². The Hall–Kier alpha value is -1.79. The van der Waals surface area contributed by atoms with Gasteiger partial charge in [-0.25, -0.2) is 9.55 Å². The Labute approximate surface area is 119 Å². The van der Waals surface area contributed by atoms with Crippen LogP contribution in [-0.2, 0) is 6.54 Å². The first kappa shape index (κ1) is 18.2. The van der Waals surface area contributed by atoms with Gasteiger partial charge in [-0.1, -0.05) is 25.5 Å². The lowest BCUT2D eigenvalue weighted by Gasteiger charge is -2.09. The van der Waals surface area contributed by atoms with Gasteiger partial charge in [-0.2, -0.15) is 0 Å². The average Bonchev–Trinajstić information content (AvgIpc) is 2.48. The van der Waals surface area contributed by atoms with Crippen LogP contribution in [0.2, 0.25) is 0 Å². The minimum absolute atomic E-state index is 1.15. The second kappa shape index (κ2) is 13.6. The smallest absolute Gasteiger partial charge is 0.168 e. The summed E-state index contributed by atoms with van der Waals surface area (Å²) in [6.07, 6.45) is 10.5. The van der Waals surface area contributed by atoms with E-state index in [1.165, 1.54) is 12.8 Å². The molecular formula is C14H20BFN2O2. The van der Waals surface area contributed by atoms with Crippen molar-refractivity contribution in [3.8, 4) is 0 Å². The highest BCUT2D eigenvalue weighted by Gasteiger charge is 1.93. The number of pyridine rings is 2. The molecule has 1 N–H and O–H groups in total. The number of halogens is 1. The highest BCUT2D eigenvalue weighted by molar-refractivity contribution is 6.27. The van der Waals surface area contributed by atoms with Crippen molar-refractivity contribution in [1.82, 2.24) is 0 Å². The van der Waals surface area contributed by atoms with Crippen LogP contribution in [0.5, 0.6) is 0 Å². The summed E-state index contributed by atoms with van der Waals surface area (Å²) in [5.41, 5.74) is 0. The Kier molecular flexibility index (Phi) is 12.4. The average molecular weight is 278 g/mol. The number of hydrogen-bond acceptors (Lipinski definition) is 2. The fourth-order valence-electron chi connectivity index (χ4n) is 1.27. The first-order valence-electron chi connectivity index (χ1n) is 6.47. The molecule has 0 aliphatic carbocycles. The third-order valence-electron chi connectivity index (χ3n) is 2.15. The molecular weight excluding hydrogens is 258 g/mol. The van der Waals surface area contributed by atoms with Crippen molar-refractivity contribution in [2.75, 3.05) is 0 Å². The fraction of sp³-hybridized carbons (Fsp3) is 0.286. The zero-order valence-electron chi connectivity index (χ0n) is 11.6. The van der Waals surface area contributed by atoms with Gasteiger partial charge in [-0.15, -0.1) is 0 Å². The number of unbranched alkanes of at least 4 members (excludes halogenated alkanes) is 1. The Morgan fingerprint density at radius 1 is 1.00 bits per heavy atom. The van der Waals surface area contributed by atoms with E-state index in [-0.39, 0.29) is 0 Å². The van der Waals surface area contributed by atoms with Gasteiger partial charge in [-0.05, 0) is 0 Å². The number of hydrogen-bond donors (Lipinski definition) is 0. The van der Waals surface area contributed by atoms with Gasteiger partial charge in [0, 0.05) is 30.7 Å². The van der Waals surface area contributed by atoms with Crippen LogP contribution in [0.25, 0.3) is 0 Å². The van der Waals surface area contributed by atoms with E-state index in [2.05, 4.69) is 41.0 Å². The van der Waals surface area contributed by atoms with E-state index in [1.54, 1.807) is 0 Å². The molecule has 108 valence electrons. The van der Waals surface area contributed by atoms with Crippen molar-refractivity contribution < 1.29 is 23.9 Å². The maximum absolute atomic E-state index is 9.89. The van der Waals surface area contributed by atoms with E-state index in [1.807, 2.05) is 36.7 Å². The summed E-state index contributed by atoms with van der Waals surface area (Å²) < 4.78 is 12.1. The molecule has 20 heavy (non-hydrogen) atoms. The molecule has 0 aliphatic rings. The summed E-state index contributed by atoms with van der Waals surface area (Å²) in [4.78, 5) is 2.89. The maximum atomic E-state index is 9.89. The maximum Gasteiger partial charge on any atom is 0.168 e. The molecule has 0 spiro atoms. The zero-order chi connectivity index (χ0) is 15.1. The molecule has 2 heterocycles. The van der Waals surface area contributed by atoms with Gasteiger partial charge < -0.3 is 14.4 Å². The first-order valence-corrected chi connectivity index (χ1v) is 6.47. The third-order valence-corrected chi connectivity index (χ3v) is 2.15. The van der Waals surface area contributed by atoms with Crippen molar-refractivity contribution in [3.05, 3.63) is 61.2 Å². The summed E-state index contributed by atoms with van der Waals surface area (Å²) in [5, 5.41) is 16.6. The normalized spacial score (nSPS) is 8.60. The highest BCUT2D eigenvalue weighted by atomic mass is 19.1. The lowest BCUT2D eigenvalue weighted by Crippen LogP contribution is -2.39. The van der Waals surface area contributed by atoms with Crippen LogP contribution in [0.4, 0.5) is 4.32 Å². The first-order chi connectivity index (χ1) is 9.66. The number of nitrogens with zero attached hydrogens (tertiary/aromatic N) is 1. The number of aromatic amines is 1. The van der Waals surface area contributed by atoms with Crippen LogP contribution in [0.3, 0.4) is 0 Å². The van der Waals surface area contributed by atoms with Crippen LogP contribution in [0.15, 0.2) is 61.2 Å². The molecule has 0 fully saturated rings. The predicted molar refractivity (Wildman–Crippen MR) is 71.4 cm³/mol. The molecule has 2 rings (SSSR count). The summed E-state index contributed by atoms with van der Waals surface area (Å²) in [7, 11) is -3.17. The molecule has 0 aliphatic heterocycles. The SMILES string of the molecule is CCCC[n+]1ccccc1.[O-]B([O-])F.c1cc[nH+]cc1. The van der Waals surface area contributed by atoms with Crippen LogP contribution in [0.1, 0.15) is 19.8 Å². The van der Waals surface area contributed by atoms with Crippen molar-refractivity contribution in [1.29, 1.82) is 0 Å².